The van der Waals surface area contributed by atoms with E-state index in [9.17, 15) is 4.79 Å². The van der Waals surface area contributed by atoms with Gasteiger partial charge in [0.05, 0.1) is 13.5 Å². The van der Waals surface area contributed by atoms with Gasteiger partial charge in [0.15, 0.2) is 0 Å². The van der Waals surface area contributed by atoms with Crippen molar-refractivity contribution in [2.75, 3.05) is 7.11 Å². The highest BCUT2D eigenvalue weighted by atomic mass is 16.5. The lowest BCUT2D eigenvalue weighted by molar-refractivity contribution is -0.120. The van der Waals surface area contributed by atoms with E-state index in [4.69, 9.17) is 4.74 Å². The molecule has 1 amide bonds. The van der Waals surface area contributed by atoms with Crippen molar-refractivity contribution in [3.63, 3.8) is 0 Å². The van der Waals surface area contributed by atoms with Crippen molar-refractivity contribution in [2.45, 2.75) is 6.42 Å². The summed E-state index contributed by atoms with van der Waals surface area (Å²) in [5, 5.41) is 3.89. The van der Waals surface area contributed by atoms with E-state index in [0.717, 1.165) is 17.0 Å². The standard InChI is InChI=1S/C17H19N3O2/c1-20-12-6-9-15(20)13-17(21)19-18-11-5-8-14-7-3-4-10-16(14)22-2/h3-12H,13H2,1-2H3,(H,19,21)/b8-5+,18-11+. The lowest BCUT2D eigenvalue weighted by atomic mass is 10.2. The van der Waals surface area contributed by atoms with E-state index in [-0.39, 0.29) is 5.91 Å². The lowest BCUT2D eigenvalue weighted by Crippen LogP contribution is -2.20. The third-order valence-electron chi connectivity index (χ3n) is 3.16. The van der Waals surface area contributed by atoms with Crippen molar-refractivity contribution < 1.29 is 9.53 Å². The summed E-state index contributed by atoms with van der Waals surface area (Å²) >= 11 is 0. The number of methoxy groups -OCH3 is 1. The summed E-state index contributed by atoms with van der Waals surface area (Å²) in [6.07, 6.45) is 7.36. The highest BCUT2D eigenvalue weighted by Crippen LogP contribution is 2.18. The minimum Gasteiger partial charge on any atom is -0.496 e. The molecule has 1 aromatic carbocycles. The van der Waals surface area contributed by atoms with Gasteiger partial charge in [-0.05, 0) is 30.4 Å². The van der Waals surface area contributed by atoms with E-state index in [0.29, 0.717) is 6.42 Å². The van der Waals surface area contributed by atoms with Gasteiger partial charge in [-0.1, -0.05) is 18.2 Å². The zero-order chi connectivity index (χ0) is 15.8. The third kappa shape index (κ3) is 4.34. The molecule has 0 bridgehead atoms. The van der Waals surface area contributed by atoms with E-state index in [1.165, 1.54) is 6.21 Å². The molecule has 0 unspecified atom stereocenters. The second-order valence-electron chi connectivity index (χ2n) is 4.70. The molecule has 2 aromatic rings. The second-order valence-corrected chi connectivity index (χ2v) is 4.70. The molecule has 0 aliphatic rings. The molecule has 1 aromatic heterocycles. The quantitative estimate of drug-likeness (QED) is 0.657. The van der Waals surface area contributed by atoms with Gasteiger partial charge in [-0.2, -0.15) is 5.10 Å². The molecule has 0 atom stereocenters. The number of hydrazone groups is 1. The number of allylic oxidation sites excluding steroid dienone is 1. The second kappa shape index (κ2) is 7.83. The fourth-order valence-electron chi connectivity index (χ4n) is 1.99. The van der Waals surface area contributed by atoms with Crippen molar-refractivity contribution in [1.82, 2.24) is 9.99 Å². The van der Waals surface area contributed by atoms with Crippen LogP contribution in [0.25, 0.3) is 6.08 Å². The number of carbonyl (C=O) groups is 1. The lowest BCUT2D eigenvalue weighted by Gasteiger charge is -2.02. The number of aromatic nitrogens is 1. The van der Waals surface area contributed by atoms with Crippen LogP contribution in [0.5, 0.6) is 5.75 Å². The smallest absolute Gasteiger partial charge is 0.245 e. The molecule has 5 nitrogen and oxygen atoms in total. The first-order valence-corrected chi connectivity index (χ1v) is 6.92. The predicted molar refractivity (Wildman–Crippen MR) is 87.8 cm³/mol. The number of rotatable bonds is 6. The first kappa shape index (κ1) is 15.6. The zero-order valence-electron chi connectivity index (χ0n) is 12.7. The topological polar surface area (TPSA) is 55.6 Å². The van der Waals surface area contributed by atoms with E-state index in [1.54, 1.807) is 13.2 Å². The van der Waals surface area contributed by atoms with Gasteiger partial charge >= 0.3 is 0 Å². The Balaban J connectivity index is 1.84. The van der Waals surface area contributed by atoms with Gasteiger partial charge in [-0.15, -0.1) is 0 Å². The molecule has 2 rings (SSSR count). The Morgan fingerprint density at radius 2 is 2.14 bits per heavy atom. The highest BCUT2D eigenvalue weighted by molar-refractivity contribution is 5.82. The van der Waals surface area contributed by atoms with Gasteiger partial charge in [-0.3, -0.25) is 4.79 Å². The summed E-state index contributed by atoms with van der Waals surface area (Å²) in [7, 11) is 3.53. The Morgan fingerprint density at radius 1 is 1.32 bits per heavy atom. The van der Waals surface area contributed by atoms with Crippen LogP contribution in [0.2, 0.25) is 0 Å². The van der Waals surface area contributed by atoms with Gasteiger partial charge in [0.2, 0.25) is 5.91 Å². The van der Waals surface area contributed by atoms with Crippen LogP contribution in [0.1, 0.15) is 11.3 Å². The van der Waals surface area contributed by atoms with E-state index in [2.05, 4.69) is 10.5 Å². The third-order valence-corrected chi connectivity index (χ3v) is 3.16. The Bertz CT molecular complexity index is 687. The Morgan fingerprint density at radius 3 is 2.86 bits per heavy atom. The van der Waals surface area contributed by atoms with Crippen molar-refractivity contribution in [3.8, 4) is 5.75 Å². The van der Waals surface area contributed by atoms with Crippen molar-refractivity contribution >= 4 is 18.2 Å². The molecule has 0 fully saturated rings. The number of nitrogens with one attached hydrogen (secondary N) is 1. The van der Waals surface area contributed by atoms with Crippen molar-refractivity contribution in [3.05, 3.63) is 59.9 Å². The number of amides is 1. The molecule has 0 aliphatic carbocycles. The molecule has 1 N–H and O–H groups in total. The molecule has 0 radical (unpaired) electrons. The Hall–Kier alpha value is -2.82. The minimum absolute atomic E-state index is 0.149. The molecule has 0 aliphatic heterocycles. The average Bonchev–Trinajstić information content (AvgIpc) is 2.92. The van der Waals surface area contributed by atoms with Crippen LogP contribution in [-0.4, -0.2) is 23.8 Å². The van der Waals surface area contributed by atoms with Crippen LogP contribution in [0, 0.1) is 0 Å². The maximum atomic E-state index is 11.7. The number of carbonyl (C=O) groups excluding carboxylic acids is 1. The fourth-order valence-corrected chi connectivity index (χ4v) is 1.99. The average molecular weight is 297 g/mol. The molecule has 1 heterocycles. The number of hydrogen-bond donors (Lipinski definition) is 1. The summed E-state index contributed by atoms with van der Waals surface area (Å²) in [5.41, 5.74) is 4.39. The number of nitrogens with zero attached hydrogens (tertiary/aromatic N) is 2. The molecule has 22 heavy (non-hydrogen) atoms. The molecular formula is C17H19N3O2. The number of ether oxygens (including phenoxy) is 1. The number of para-hydroxylation sites is 1. The van der Waals surface area contributed by atoms with Gasteiger partial charge in [0.25, 0.3) is 0 Å². The Labute approximate surface area is 129 Å². The zero-order valence-corrected chi connectivity index (χ0v) is 12.7. The number of benzene rings is 1. The van der Waals surface area contributed by atoms with Gasteiger partial charge < -0.3 is 9.30 Å². The summed E-state index contributed by atoms with van der Waals surface area (Å²) in [5.74, 6) is 0.642. The highest BCUT2D eigenvalue weighted by Gasteiger charge is 2.03. The minimum atomic E-state index is -0.149. The fraction of sp³-hybridized carbons (Fsp3) is 0.176. The van der Waals surface area contributed by atoms with E-state index < -0.39 is 0 Å². The number of aryl methyl sites for hydroxylation is 1. The van der Waals surface area contributed by atoms with Crippen LogP contribution < -0.4 is 10.2 Å². The molecule has 0 saturated heterocycles. The van der Waals surface area contributed by atoms with Gasteiger partial charge in [-0.25, -0.2) is 5.43 Å². The molecule has 114 valence electrons. The van der Waals surface area contributed by atoms with Crippen LogP contribution >= 0.6 is 0 Å². The number of hydrogen-bond acceptors (Lipinski definition) is 3. The maximum Gasteiger partial charge on any atom is 0.245 e. The van der Waals surface area contributed by atoms with E-state index in [1.807, 2.05) is 60.3 Å². The molecule has 5 heteroatoms. The first-order chi connectivity index (χ1) is 10.7. The van der Waals surface area contributed by atoms with Crippen molar-refractivity contribution in [1.29, 1.82) is 0 Å². The summed E-state index contributed by atoms with van der Waals surface area (Å²) in [6.45, 7) is 0. The van der Waals surface area contributed by atoms with Gasteiger partial charge in [0, 0.05) is 30.7 Å². The summed E-state index contributed by atoms with van der Waals surface area (Å²) < 4.78 is 7.15. The van der Waals surface area contributed by atoms with Crippen LogP contribution in [0.15, 0.2) is 53.8 Å². The largest absolute Gasteiger partial charge is 0.496 e. The maximum absolute atomic E-state index is 11.7. The SMILES string of the molecule is COc1ccccc1/C=C/C=N/NC(=O)Cc1cccn1C. The normalized spacial score (nSPS) is 11.2. The van der Waals surface area contributed by atoms with Gasteiger partial charge in [0.1, 0.15) is 5.75 Å². The Kier molecular flexibility index (Phi) is 5.54. The van der Waals surface area contributed by atoms with Crippen LogP contribution in [-0.2, 0) is 18.3 Å². The first-order valence-electron chi connectivity index (χ1n) is 6.92. The monoisotopic (exact) mass is 297 g/mol. The molecule has 0 spiro atoms. The van der Waals surface area contributed by atoms with Crippen LogP contribution in [0.3, 0.4) is 0 Å². The van der Waals surface area contributed by atoms with Crippen molar-refractivity contribution in [2.24, 2.45) is 12.1 Å². The molecular weight excluding hydrogens is 278 g/mol. The van der Waals surface area contributed by atoms with Crippen LogP contribution in [0.4, 0.5) is 0 Å². The predicted octanol–water partition coefficient (Wildman–Crippen LogP) is 2.39. The summed E-state index contributed by atoms with van der Waals surface area (Å²) in [4.78, 5) is 11.7. The van der Waals surface area contributed by atoms with E-state index >= 15 is 0 Å². The summed E-state index contributed by atoms with van der Waals surface area (Å²) in [6, 6.07) is 11.5. The molecule has 0 saturated carbocycles.